The standard InChI is InChI=1S/3C3H5.Al.4ClH.Ti/c3*1-3-2;;;;;;/h3*3H,1-2H2;;4*1H;/q;;;;;;;;+4/p-4. The van der Waals surface area contributed by atoms with Crippen molar-refractivity contribution in [2.45, 2.75) is 15.8 Å². The number of allylic oxidation sites excluding steroid dienone is 3. The molecule has 0 fully saturated rings. The van der Waals surface area contributed by atoms with Crippen LogP contribution in [0.1, 0.15) is 0 Å². The minimum absolute atomic E-state index is 0.588. The second-order valence-electron chi connectivity index (χ2n) is 2.87. The van der Waals surface area contributed by atoms with Crippen LogP contribution in [0, 0.1) is 0 Å². The van der Waals surface area contributed by atoms with Crippen LogP contribution in [0.5, 0.6) is 0 Å². The summed E-state index contributed by atoms with van der Waals surface area (Å²) in [7, 11) is 20.1. The zero-order valence-electron chi connectivity index (χ0n) is 8.56. The Morgan fingerprint density at radius 2 is 1.00 bits per heavy atom. The Kier molecular flexibility index (Phi) is 15.3. The molecule has 0 bridgehead atoms. The maximum absolute atomic E-state index is 5.01. The molecule has 0 N–H and O–H groups in total. The van der Waals surface area contributed by atoms with Gasteiger partial charge in [-0.1, -0.05) is 15.8 Å². The van der Waals surface area contributed by atoms with E-state index < -0.39 is 26.5 Å². The molecule has 0 aliphatic rings. The molecule has 86 valence electrons. The van der Waals surface area contributed by atoms with Crippen LogP contribution in [-0.2, 0) is 12.3 Å². The van der Waals surface area contributed by atoms with Gasteiger partial charge in [-0.05, 0) is 0 Å². The minimum atomic E-state index is -3.11. The first-order valence-electron chi connectivity index (χ1n) is 4.43. The van der Waals surface area contributed by atoms with Gasteiger partial charge < -0.3 is 0 Å². The number of halogens is 4. The summed E-state index contributed by atoms with van der Waals surface area (Å²) in [6, 6.07) is 0. The van der Waals surface area contributed by atoms with Crippen molar-refractivity contribution in [3.05, 3.63) is 38.0 Å². The normalized spacial score (nSPS) is 9.60. The molecule has 0 nitrogen and oxygen atoms in total. The van der Waals surface area contributed by atoms with Crippen LogP contribution in [0.4, 0.5) is 0 Å². The Morgan fingerprint density at radius 3 is 1.13 bits per heavy atom. The first-order chi connectivity index (χ1) is 6.85. The molecule has 0 spiro atoms. The van der Waals surface area contributed by atoms with Crippen molar-refractivity contribution >= 4 is 51.4 Å². The van der Waals surface area contributed by atoms with Gasteiger partial charge in [0.1, 0.15) is 0 Å². The summed E-state index contributed by atoms with van der Waals surface area (Å²) in [5.41, 5.74) is 0. The molecule has 0 aliphatic carbocycles. The van der Waals surface area contributed by atoms with E-state index in [1.165, 1.54) is 15.8 Å². The summed E-state index contributed by atoms with van der Waals surface area (Å²) in [6.07, 6.45) is 6.05. The van der Waals surface area contributed by atoms with E-state index in [2.05, 4.69) is 19.7 Å². The average Bonchev–Trinajstić information content (AvgIpc) is 2.02. The SMILES string of the molecule is C=C[CH2][Al]([CH2]C=C)[CH2]C=C.[Cl][Ti]([Cl])([Cl])[Cl]. The van der Waals surface area contributed by atoms with Crippen molar-refractivity contribution in [2.75, 3.05) is 0 Å². The van der Waals surface area contributed by atoms with Gasteiger partial charge in [0, 0.05) is 0 Å². The van der Waals surface area contributed by atoms with Crippen LogP contribution in [0.25, 0.3) is 0 Å². The van der Waals surface area contributed by atoms with E-state index in [1.54, 1.807) is 0 Å². The summed E-state index contributed by atoms with van der Waals surface area (Å²) >= 11 is -3.70. The Hall–Kier alpha value is 1.63. The molecule has 0 saturated carbocycles. The number of rotatable bonds is 6. The molecule has 15 heavy (non-hydrogen) atoms. The summed E-state index contributed by atoms with van der Waals surface area (Å²) in [6.45, 7) is 11.2. The Morgan fingerprint density at radius 1 is 0.800 bits per heavy atom. The first kappa shape index (κ1) is 19.0. The molecule has 0 atom stereocenters. The number of hydrogen-bond donors (Lipinski definition) is 0. The van der Waals surface area contributed by atoms with E-state index in [0.29, 0.717) is 0 Å². The van der Waals surface area contributed by atoms with E-state index >= 15 is 0 Å². The molecule has 0 aromatic rings. The van der Waals surface area contributed by atoms with E-state index in [-0.39, 0.29) is 0 Å². The van der Waals surface area contributed by atoms with Gasteiger partial charge in [0.2, 0.25) is 0 Å². The molecule has 0 heterocycles. The van der Waals surface area contributed by atoms with Gasteiger partial charge in [-0.15, -0.1) is 38.0 Å². The molecule has 6 heteroatoms. The van der Waals surface area contributed by atoms with E-state index in [9.17, 15) is 0 Å². The van der Waals surface area contributed by atoms with Gasteiger partial charge in [0.25, 0.3) is 14.1 Å². The molecule has 0 saturated heterocycles. The second-order valence-corrected chi connectivity index (χ2v) is 21.5. The van der Waals surface area contributed by atoms with E-state index in [1.807, 2.05) is 18.2 Å². The van der Waals surface area contributed by atoms with Crippen molar-refractivity contribution in [1.82, 2.24) is 0 Å². The van der Waals surface area contributed by atoms with Crippen LogP contribution in [0.3, 0.4) is 0 Å². The Labute approximate surface area is 116 Å². The molecule has 0 aromatic carbocycles. The molecule has 0 aromatic heterocycles. The van der Waals surface area contributed by atoms with Gasteiger partial charge >= 0.3 is 49.6 Å². The molecule has 0 aliphatic heterocycles. The Bertz CT molecular complexity index is 161. The van der Waals surface area contributed by atoms with Crippen molar-refractivity contribution in [2.24, 2.45) is 0 Å². The number of hydrogen-bond acceptors (Lipinski definition) is 0. The summed E-state index contributed by atoms with van der Waals surface area (Å²) in [5.74, 6) is 0. The summed E-state index contributed by atoms with van der Waals surface area (Å²) in [5, 5.41) is 3.62. The summed E-state index contributed by atoms with van der Waals surface area (Å²) < 4.78 is 0. The van der Waals surface area contributed by atoms with Crippen LogP contribution < -0.4 is 0 Å². The van der Waals surface area contributed by atoms with Crippen molar-refractivity contribution < 1.29 is 12.3 Å². The predicted octanol–water partition coefficient (Wildman–Crippen LogP) is 5.79. The molecular formula is C9H15AlCl4Ti. The third-order valence-corrected chi connectivity index (χ3v) is 4.50. The third-order valence-electron chi connectivity index (χ3n) is 1.50. The molecular weight excluding hydrogens is 325 g/mol. The van der Waals surface area contributed by atoms with Crippen LogP contribution in [0.15, 0.2) is 38.0 Å². The maximum atomic E-state index is 5.01. The molecule has 0 radical (unpaired) electrons. The zero-order valence-corrected chi connectivity index (χ0v) is 14.3. The van der Waals surface area contributed by atoms with Crippen LogP contribution in [-0.4, -0.2) is 14.1 Å². The molecule has 0 amide bonds. The quantitative estimate of drug-likeness (QED) is 0.424. The van der Waals surface area contributed by atoms with Gasteiger partial charge in [0.05, 0.1) is 0 Å². The molecule has 0 unspecified atom stereocenters. The van der Waals surface area contributed by atoms with Crippen molar-refractivity contribution in [3.8, 4) is 0 Å². The fraction of sp³-hybridized carbons (Fsp3) is 0.333. The van der Waals surface area contributed by atoms with Gasteiger partial charge in [-0.3, -0.25) is 0 Å². The molecule has 0 rings (SSSR count). The summed E-state index contributed by atoms with van der Waals surface area (Å²) in [4.78, 5) is 0. The van der Waals surface area contributed by atoms with E-state index in [4.69, 9.17) is 37.2 Å². The van der Waals surface area contributed by atoms with Gasteiger partial charge in [0.15, 0.2) is 0 Å². The first-order valence-corrected chi connectivity index (χ1v) is 15.5. The fourth-order valence-corrected chi connectivity index (χ4v) is 2.99. The Balaban J connectivity index is 0. The average molecular weight is 340 g/mol. The van der Waals surface area contributed by atoms with Crippen molar-refractivity contribution in [3.63, 3.8) is 0 Å². The van der Waals surface area contributed by atoms with Crippen LogP contribution in [0.2, 0.25) is 15.8 Å². The van der Waals surface area contributed by atoms with Crippen LogP contribution >= 0.6 is 37.2 Å². The zero-order chi connectivity index (χ0) is 12.3. The van der Waals surface area contributed by atoms with E-state index in [0.717, 1.165) is 0 Å². The topological polar surface area (TPSA) is 0 Å². The predicted molar refractivity (Wildman–Crippen MR) is 74.2 cm³/mol. The monoisotopic (exact) mass is 338 g/mol. The third kappa shape index (κ3) is 25.7. The van der Waals surface area contributed by atoms with Gasteiger partial charge in [-0.25, -0.2) is 0 Å². The second kappa shape index (κ2) is 12.1. The van der Waals surface area contributed by atoms with Crippen molar-refractivity contribution in [1.29, 1.82) is 0 Å². The fourth-order valence-electron chi connectivity index (χ4n) is 0.996. The van der Waals surface area contributed by atoms with Gasteiger partial charge in [-0.2, -0.15) is 0 Å².